The fourth-order valence-corrected chi connectivity index (χ4v) is 9.47. The maximum atomic E-state index is 16.4. The molecule has 2 bridgehead atoms. The summed E-state index contributed by atoms with van der Waals surface area (Å²) in [6, 6.07) is 11.8. The Labute approximate surface area is 291 Å². The average Bonchev–Trinajstić information content (AvgIpc) is 3.52. The normalized spacial score (nSPS) is 30.4. The van der Waals surface area contributed by atoms with Crippen LogP contribution in [0.2, 0.25) is 5.02 Å². The first kappa shape index (κ1) is 34.0. The van der Waals surface area contributed by atoms with Crippen LogP contribution in [-0.2, 0) is 28.4 Å². The lowest BCUT2D eigenvalue weighted by molar-refractivity contribution is -0.0229. The highest BCUT2D eigenvalue weighted by Gasteiger charge is 2.45. The number of fused-ring (bicyclic) bond motifs is 4. The van der Waals surface area contributed by atoms with E-state index in [0.29, 0.717) is 42.7 Å². The number of aliphatic hydroxyl groups excluding tert-OH is 1. The molecule has 1 fully saturated rings. The van der Waals surface area contributed by atoms with E-state index in [0.717, 1.165) is 25.7 Å². The third kappa shape index (κ3) is 6.60. The van der Waals surface area contributed by atoms with Gasteiger partial charge in [0.15, 0.2) is 0 Å². The van der Waals surface area contributed by atoms with Crippen molar-refractivity contribution in [2.45, 2.75) is 81.3 Å². The summed E-state index contributed by atoms with van der Waals surface area (Å²) in [5, 5.41) is 15.5. The number of anilines is 1. The average molecular weight is 712 g/mol. The van der Waals surface area contributed by atoms with Gasteiger partial charge in [-0.3, -0.25) is 14.4 Å². The molecule has 4 aliphatic rings. The predicted octanol–water partition coefficient (Wildman–Crippen LogP) is 4.85. The smallest absolute Gasteiger partial charge is 0.264 e. The summed E-state index contributed by atoms with van der Waals surface area (Å²) >= 11 is 6.42. The first-order valence-corrected chi connectivity index (χ1v) is 19.0. The fraction of sp³-hybridized carbons (Fsp3) is 0.500. The monoisotopic (exact) mass is 711 g/mol. The molecular weight excluding hydrogens is 669 g/mol. The van der Waals surface area contributed by atoms with Gasteiger partial charge in [-0.2, -0.15) is 5.10 Å². The van der Waals surface area contributed by atoms with E-state index in [4.69, 9.17) is 16.3 Å². The standard InChI is InChI=1S/C36H43ClFN5O5S/c1-23-6-10-30(38)34(32(44)20-42-15-4-14-39-42)43-16-12-28(43)19-41-21-36(13-3-5-25-17-27(37)8-9-29(25)36)22-48-33-11-7-26(18-31(33)41)35(45)40-49(46,47)24(23)2/h4,7-11,14-15,17-18,23-24,28,32,34,44H,3,5-6,12-13,16,19-22H2,1-2H3,(H,40,45)/b30-10-/t23-,24+,28-,32-,34+,36-/m0/s1. The summed E-state index contributed by atoms with van der Waals surface area (Å²) in [5.74, 6) is -1.15. The van der Waals surface area contributed by atoms with E-state index in [9.17, 15) is 18.3 Å². The number of allylic oxidation sites excluding steroid dienone is 1. The number of amides is 1. The lowest BCUT2D eigenvalue weighted by Gasteiger charge is -2.50. The SMILES string of the molecule is C[C@@H]1[C@@H](C)C/C=C(\F)[C@H]([C@@H](O)Cn2cccn2)N2CC[C@H]2CN2C[C@@]3(CCCc4cc(Cl)ccc43)COc3ccc(cc32)C(=O)NS1(=O)=O. The minimum absolute atomic E-state index is 0.0979. The van der Waals surface area contributed by atoms with Gasteiger partial charge in [0.05, 0.1) is 36.2 Å². The Morgan fingerprint density at radius 1 is 1.22 bits per heavy atom. The van der Waals surface area contributed by atoms with Gasteiger partial charge < -0.3 is 14.7 Å². The summed E-state index contributed by atoms with van der Waals surface area (Å²) in [5.41, 5.74) is 2.87. The molecule has 7 rings (SSSR count). The maximum absolute atomic E-state index is 16.4. The highest BCUT2D eigenvalue weighted by molar-refractivity contribution is 7.90. The van der Waals surface area contributed by atoms with Crippen molar-refractivity contribution in [3.8, 4) is 5.75 Å². The first-order chi connectivity index (χ1) is 23.4. The van der Waals surface area contributed by atoms with E-state index in [1.165, 1.54) is 24.1 Å². The van der Waals surface area contributed by atoms with E-state index < -0.39 is 45.1 Å². The van der Waals surface area contributed by atoms with Gasteiger partial charge in [0.25, 0.3) is 5.91 Å². The number of rotatable bonds is 3. The number of hydrogen-bond acceptors (Lipinski definition) is 8. The molecule has 262 valence electrons. The number of aryl methyl sites for hydroxylation is 1. The number of carbonyl (C=O) groups excluding carboxylic acids is 1. The zero-order chi connectivity index (χ0) is 34.5. The Morgan fingerprint density at radius 2 is 2.06 bits per heavy atom. The molecule has 0 saturated carbocycles. The molecule has 4 heterocycles. The molecule has 1 spiro atoms. The molecule has 13 heteroatoms. The molecule has 49 heavy (non-hydrogen) atoms. The zero-order valence-electron chi connectivity index (χ0n) is 27.8. The van der Waals surface area contributed by atoms with E-state index in [2.05, 4.69) is 20.8 Å². The number of ether oxygens (including phenoxy) is 1. The number of aliphatic hydroxyl groups is 1. The first-order valence-electron chi connectivity index (χ1n) is 17.1. The van der Waals surface area contributed by atoms with Gasteiger partial charge in [0.2, 0.25) is 10.0 Å². The van der Waals surface area contributed by atoms with Crippen molar-refractivity contribution in [2.24, 2.45) is 5.92 Å². The van der Waals surface area contributed by atoms with Crippen molar-refractivity contribution >= 4 is 33.2 Å². The van der Waals surface area contributed by atoms with Crippen LogP contribution in [0, 0.1) is 5.92 Å². The summed E-state index contributed by atoms with van der Waals surface area (Å²) in [6.45, 7) is 5.38. The van der Waals surface area contributed by atoms with Crippen LogP contribution in [0.15, 0.2) is 66.8 Å². The molecule has 2 N–H and O–H groups in total. The second kappa shape index (κ2) is 13.4. The minimum atomic E-state index is -4.11. The lowest BCUT2D eigenvalue weighted by Crippen LogP contribution is -2.62. The summed E-state index contributed by atoms with van der Waals surface area (Å²) in [4.78, 5) is 17.7. The maximum Gasteiger partial charge on any atom is 0.264 e. The second-order valence-electron chi connectivity index (χ2n) is 14.2. The number of nitrogens with one attached hydrogen (secondary N) is 1. The summed E-state index contributed by atoms with van der Waals surface area (Å²) in [6.07, 6.45) is 7.29. The molecule has 1 saturated heterocycles. The largest absolute Gasteiger partial charge is 0.490 e. The summed E-state index contributed by atoms with van der Waals surface area (Å²) in [7, 11) is -4.11. The van der Waals surface area contributed by atoms with Crippen LogP contribution in [-0.4, -0.2) is 83.8 Å². The van der Waals surface area contributed by atoms with Crippen molar-refractivity contribution in [2.75, 3.05) is 31.1 Å². The number of aromatic nitrogens is 2. The molecule has 0 unspecified atom stereocenters. The van der Waals surface area contributed by atoms with Gasteiger partial charge in [0.1, 0.15) is 11.6 Å². The topological polar surface area (TPSA) is 117 Å². The van der Waals surface area contributed by atoms with Crippen LogP contribution >= 0.6 is 11.6 Å². The van der Waals surface area contributed by atoms with Crippen molar-refractivity contribution in [3.05, 3.63) is 88.5 Å². The van der Waals surface area contributed by atoms with Crippen LogP contribution in [0.3, 0.4) is 0 Å². The Kier molecular flexibility index (Phi) is 9.27. The van der Waals surface area contributed by atoms with E-state index in [1.807, 2.05) is 17.0 Å². The Balaban J connectivity index is 1.31. The predicted molar refractivity (Wildman–Crippen MR) is 186 cm³/mol. The highest BCUT2D eigenvalue weighted by atomic mass is 35.5. The molecular formula is C36H43ClFN5O5S. The molecule has 3 aromatic rings. The van der Waals surface area contributed by atoms with Crippen LogP contribution in [0.5, 0.6) is 5.75 Å². The van der Waals surface area contributed by atoms with Crippen LogP contribution < -0.4 is 14.4 Å². The van der Waals surface area contributed by atoms with E-state index in [-0.39, 0.29) is 30.0 Å². The van der Waals surface area contributed by atoms with Crippen molar-refractivity contribution in [1.82, 2.24) is 19.4 Å². The van der Waals surface area contributed by atoms with Crippen LogP contribution in [0.4, 0.5) is 10.1 Å². The van der Waals surface area contributed by atoms with Gasteiger partial charge >= 0.3 is 0 Å². The van der Waals surface area contributed by atoms with Crippen molar-refractivity contribution in [3.63, 3.8) is 0 Å². The second-order valence-corrected chi connectivity index (χ2v) is 16.7. The van der Waals surface area contributed by atoms with Crippen molar-refractivity contribution in [1.29, 1.82) is 0 Å². The zero-order valence-corrected chi connectivity index (χ0v) is 29.3. The molecule has 10 nitrogen and oxygen atoms in total. The molecule has 1 amide bonds. The van der Waals surface area contributed by atoms with E-state index >= 15 is 4.39 Å². The third-order valence-electron chi connectivity index (χ3n) is 11.1. The molecule has 2 aromatic carbocycles. The lowest BCUT2D eigenvalue weighted by atomic mass is 9.70. The molecule has 0 radical (unpaired) electrons. The molecule has 3 aliphatic heterocycles. The van der Waals surface area contributed by atoms with Gasteiger partial charge in [0, 0.05) is 54.1 Å². The number of hydrogen-bond donors (Lipinski definition) is 2. The van der Waals surface area contributed by atoms with Crippen molar-refractivity contribution < 1.29 is 27.4 Å². The number of benzene rings is 2. The Morgan fingerprint density at radius 3 is 2.82 bits per heavy atom. The van der Waals surface area contributed by atoms with Gasteiger partial charge in [-0.15, -0.1) is 0 Å². The minimum Gasteiger partial charge on any atom is -0.490 e. The Bertz CT molecular complexity index is 1860. The third-order valence-corrected chi connectivity index (χ3v) is 13.2. The fourth-order valence-electron chi connectivity index (χ4n) is 7.99. The molecule has 1 aromatic heterocycles. The highest BCUT2D eigenvalue weighted by Crippen LogP contribution is 2.45. The Hall–Kier alpha value is -3.45. The molecule has 1 aliphatic carbocycles. The van der Waals surface area contributed by atoms with Gasteiger partial charge in [-0.1, -0.05) is 30.7 Å². The number of carbonyl (C=O) groups is 1. The van der Waals surface area contributed by atoms with Gasteiger partial charge in [-0.25, -0.2) is 17.5 Å². The number of nitrogens with zero attached hydrogens (tertiary/aromatic N) is 4. The van der Waals surface area contributed by atoms with Gasteiger partial charge in [-0.05, 0) is 92.5 Å². The number of halogens is 2. The van der Waals surface area contributed by atoms with Crippen LogP contribution in [0.25, 0.3) is 0 Å². The quantitative estimate of drug-likeness (QED) is 0.396. The number of sulfonamides is 1. The molecule has 6 atom stereocenters. The van der Waals surface area contributed by atoms with E-state index in [1.54, 1.807) is 48.3 Å². The van der Waals surface area contributed by atoms with Crippen LogP contribution in [0.1, 0.15) is 61.0 Å². The summed E-state index contributed by atoms with van der Waals surface area (Å²) < 4.78 is 53.6.